The van der Waals surface area contributed by atoms with Gasteiger partial charge in [-0.3, -0.25) is 0 Å². The van der Waals surface area contributed by atoms with Crippen LogP contribution in [0.5, 0.6) is 0 Å². The summed E-state index contributed by atoms with van der Waals surface area (Å²) in [6.45, 7) is 5.49. The van der Waals surface area contributed by atoms with Gasteiger partial charge in [-0.15, -0.1) is 0 Å². The maximum Gasteiger partial charge on any atom is 0.124 e. The molecule has 0 saturated heterocycles. The smallest absolute Gasteiger partial charge is 0.124 e. The second-order valence-electron chi connectivity index (χ2n) is 4.42. The maximum atomic E-state index is 12.9. The van der Waals surface area contributed by atoms with Crippen LogP contribution in [0.1, 0.15) is 19.4 Å². The van der Waals surface area contributed by atoms with Crippen molar-refractivity contribution >= 4 is 5.69 Å². The summed E-state index contributed by atoms with van der Waals surface area (Å²) in [5, 5.41) is 12.0. The Morgan fingerprint density at radius 1 is 1.47 bits per heavy atom. The first-order valence-electron chi connectivity index (χ1n) is 5.72. The molecule has 1 aromatic carbocycles. The number of hydrogen-bond donors (Lipinski definition) is 2. The summed E-state index contributed by atoms with van der Waals surface area (Å²) in [5.41, 5.74) is 6.65. The van der Waals surface area contributed by atoms with Gasteiger partial charge in [0.15, 0.2) is 0 Å². The van der Waals surface area contributed by atoms with E-state index in [1.54, 1.807) is 6.07 Å². The first-order valence-corrected chi connectivity index (χ1v) is 5.72. The molecule has 4 heteroatoms. The van der Waals surface area contributed by atoms with E-state index < -0.39 is 5.82 Å². The van der Waals surface area contributed by atoms with Gasteiger partial charge in [-0.25, -0.2) is 4.39 Å². The summed E-state index contributed by atoms with van der Waals surface area (Å²) >= 11 is 0. The van der Waals surface area contributed by atoms with E-state index >= 15 is 0 Å². The van der Waals surface area contributed by atoms with Crippen molar-refractivity contribution in [3.63, 3.8) is 0 Å². The van der Waals surface area contributed by atoms with Crippen LogP contribution in [-0.2, 0) is 0 Å². The molecule has 0 aliphatic carbocycles. The minimum Gasteiger partial charge on any atom is -0.384 e. The highest BCUT2D eigenvalue weighted by molar-refractivity contribution is 5.57. The summed E-state index contributed by atoms with van der Waals surface area (Å²) in [4.78, 5) is 0. The standard InChI is InChI=1S/C13H18FN3/c1-9(2)11(7-16)8-17-13-4-3-12(14)5-10(13)6-15/h3-5,9,11,17H,7-8,16H2,1-2H3. The highest BCUT2D eigenvalue weighted by Crippen LogP contribution is 2.17. The van der Waals surface area contributed by atoms with Gasteiger partial charge in [0.05, 0.1) is 11.3 Å². The Bertz CT molecular complexity index is 410. The highest BCUT2D eigenvalue weighted by Gasteiger charge is 2.12. The summed E-state index contributed by atoms with van der Waals surface area (Å²) < 4.78 is 12.9. The molecule has 0 amide bonds. The molecule has 0 fully saturated rings. The average molecular weight is 235 g/mol. The molecule has 3 nitrogen and oxygen atoms in total. The Morgan fingerprint density at radius 3 is 2.71 bits per heavy atom. The quantitative estimate of drug-likeness (QED) is 0.823. The molecular weight excluding hydrogens is 217 g/mol. The number of benzene rings is 1. The number of nitrogens with zero attached hydrogens (tertiary/aromatic N) is 1. The van der Waals surface area contributed by atoms with Gasteiger partial charge in [0, 0.05) is 6.54 Å². The zero-order chi connectivity index (χ0) is 12.8. The first-order chi connectivity index (χ1) is 8.08. The van der Waals surface area contributed by atoms with E-state index in [0.717, 1.165) is 0 Å². The van der Waals surface area contributed by atoms with E-state index in [0.29, 0.717) is 36.2 Å². The zero-order valence-electron chi connectivity index (χ0n) is 10.2. The van der Waals surface area contributed by atoms with Gasteiger partial charge in [0.2, 0.25) is 0 Å². The van der Waals surface area contributed by atoms with Gasteiger partial charge in [-0.2, -0.15) is 5.26 Å². The molecule has 1 atom stereocenters. The number of rotatable bonds is 5. The molecule has 0 heterocycles. The first kappa shape index (κ1) is 13.5. The van der Waals surface area contributed by atoms with Crippen molar-refractivity contribution in [2.75, 3.05) is 18.4 Å². The van der Waals surface area contributed by atoms with Gasteiger partial charge in [-0.1, -0.05) is 13.8 Å². The minimum atomic E-state index is -0.397. The fourth-order valence-corrected chi connectivity index (χ4v) is 1.60. The van der Waals surface area contributed by atoms with E-state index in [9.17, 15) is 4.39 Å². The van der Waals surface area contributed by atoms with Crippen LogP contribution in [0.2, 0.25) is 0 Å². The molecule has 0 spiro atoms. The predicted octanol–water partition coefficient (Wildman–Crippen LogP) is 2.34. The lowest BCUT2D eigenvalue weighted by Gasteiger charge is -2.20. The Morgan fingerprint density at radius 2 is 2.18 bits per heavy atom. The van der Waals surface area contributed by atoms with E-state index in [1.807, 2.05) is 6.07 Å². The number of nitrogens with two attached hydrogens (primary N) is 1. The molecule has 0 saturated carbocycles. The Labute approximate surface area is 101 Å². The zero-order valence-corrected chi connectivity index (χ0v) is 10.2. The van der Waals surface area contributed by atoms with Crippen molar-refractivity contribution in [3.05, 3.63) is 29.6 Å². The maximum absolute atomic E-state index is 12.9. The van der Waals surface area contributed by atoms with E-state index in [-0.39, 0.29) is 0 Å². The summed E-state index contributed by atoms with van der Waals surface area (Å²) in [7, 11) is 0. The molecule has 0 aliphatic heterocycles. The number of hydrogen-bond acceptors (Lipinski definition) is 3. The highest BCUT2D eigenvalue weighted by atomic mass is 19.1. The van der Waals surface area contributed by atoms with Crippen molar-refractivity contribution in [2.45, 2.75) is 13.8 Å². The normalized spacial score (nSPS) is 12.2. The molecule has 1 rings (SSSR count). The third-order valence-corrected chi connectivity index (χ3v) is 2.90. The molecule has 0 bridgehead atoms. The predicted molar refractivity (Wildman–Crippen MR) is 67.0 cm³/mol. The van der Waals surface area contributed by atoms with Crippen LogP contribution in [-0.4, -0.2) is 13.1 Å². The molecule has 3 N–H and O–H groups in total. The number of nitriles is 1. The number of anilines is 1. The molecule has 0 radical (unpaired) electrons. The van der Waals surface area contributed by atoms with Crippen molar-refractivity contribution in [3.8, 4) is 6.07 Å². The summed E-state index contributed by atoms with van der Waals surface area (Å²) in [6.07, 6.45) is 0. The largest absolute Gasteiger partial charge is 0.384 e. The Kier molecular flexibility index (Phi) is 4.92. The SMILES string of the molecule is CC(C)C(CN)CNc1ccc(F)cc1C#N. The van der Waals surface area contributed by atoms with Crippen LogP contribution >= 0.6 is 0 Å². The van der Waals surface area contributed by atoms with Crippen molar-refractivity contribution < 1.29 is 4.39 Å². The van der Waals surface area contributed by atoms with Crippen molar-refractivity contribution in [1.29, 1.82) is 5.26 Å². The number of nitrogens with one attached hydrogen (secondary N) is 1. The fourth-order valence-electron chi connectivity index (χ4n) is 1.60. The summed E-state index contributed by atoms with van der Waals surface area (Å²) in [6, 6.07) is 6.13. The molecular formula is C13H18FN3. The molecule has 0 aliphatic rings. The monoisotopic (exact) mass is 235 g/mol. The molecule has 1 unspecified atom stereocenters. The van der Waals surface area contributed by atoms with E-state index in [4.69, 9.17) is 11.0 Å². The van der Waals surface area contributed by atoms with Crippen LogP contribution in [0.3, 0.4) is 0 Å². The van der Waals surface area contributed by atoms with Crippen molar-refractivity contribution in [1.82, 2.24) is 0 Å². The lowest BCUT2D eigenvalue weighted by atomic mass is 9.96. The molecule has 17 heavy (non-hydrogen) atoms. The van der Waals surface area contributed by atoms with E-state index in [2.05, 4.69) is 19.2 Å². The molecule has 92 valence electrons. The Hall–Kier alpha value is -1.60. The van der Waals surface area contributed by atoms with Gasteiger partial charge in [-0.05, 0) is 36.6 Å². The van der Waals surface area contributed by atoms with Crippen LogP contribution in [0, 0.1) is 29.0 Å². The van der Waals surface area contributed by atoms with Crippen LogP contribution < -0.4 is 11.1 Å². The van der Waals surface area contributed by atoms with Gasteiger partial charge < -0.3 is 11.1 Å². The second kappa shape index (κ2) is 6.21. The molecule has 1 aromatic rings. The summed E-state index contributed by atoms with van der Waals surface area (Å²) in [5.74, 6) is 0.413. The topological polar surface area (TPSA) is 61.8 Å². The molecule has 0 aromatic heterocycles. The van der Waals surface area contributed by atoms with Crippen LogP contribution in [0.4, 0.5) is 10.1 Å². The van der Waals surface area contributed by atoms with Crippen molar-refractivity contribution in [2.24, 2.45) is 17.6 Å². The van der Waals surface area contributed by atoms with E-state index in [1.165, 1.54) is 12.1 Å². The fraction of sp³-hybridized carbons (Fsp3) is 0.462. The lowest BCUT2D eigenvalue weighted by molar-refractivity contribution is 0.413. The van der Waals surface area contributed by atoms with Gasteiger partial charge >= 0.3 is 0 Å². The van der Waals surface area contributed by atoms with Gasteiger partial charge in [0.25, 0.3) is 0 Å². The minimum absolute atomic E-state index is 0.324. The van der Waals surface area contributed by atoms with Gasteiger partial charge in [0.1, 0.15) is 11.9 Å². The second-order valence-corrected chi connectivity index (χ2v) is 4.42. The third kappa shape index (κ3) is 3.72. The van der Waals surface area contributed by atoms with Crippen LogP contribution in [0.25, 0.3) is 0 Å². The average Bonchev–Trinajstić information content (AvgIpc) is 2.31. The van der Waals surface area contributed by atoms with Crippen LogP contribution in [0.15, 0.2) is 18.2 Å². The third-order valence-electron chi connectivity index (χ3n) is 2.90. The Balaban J connectivity index is 2.72. The number of halogens is 1. The lowest BCUT2D eigenvalue weighted by Crippen LogP contribution is -2.27.